The Morgan fingerprint density at radius 3 is 2.24 bits per heavy atom. The van der Waals surface area contributed by atoms with Gasteiger partial charge in [-0.3, -0.25) is 4.79 Å². The number of aromatic hydroxyl groups is 1. The van der Waals surface area contributed by atoms with E-state index >= 15 is 0 Å². The van der Waals surface area contributed by atoms with Crippen LogP contribution in [0.1, 0.15) is 16.7 Å². The standard InChI is InChI=1S/C19H17NO4S/c1-11-4-6-13(7-5-11)19-20-18(22)16(25-19)10-12-8-14(23-2)17(21)15(9-12)24-3/h4-10,21H,1-3H3/b16-10+. The number of thioether (sulfide) groups is 1. The second kappa shape index (κ2) is 7.03. The molecule has 1 aliphatic heterocycles. The number of nitrogens with zero attached hydrogens (tertiary/aromatic N) is 1. The van der Waals surface area contributed by atoms with E-state index in [1.54, 1.807) is 18.2 Å². The maximum atomic E-state index is 12.2. The highest BCUT2D eigenvalue weighted by atomic mass is 32.2. The quantitative estimate of drug-likeness (QED) is 0.846. The SMILES string of the molecule is COc1cc(/C=C2/SC(c3ccc(C)cc3)=NC2=O)cc(OC)c1O. The van der Waals surface area contributed by atoms with E-state index in [-0.39, 0.29) is 23.2 Å². The zero-order valence-electron chi connectivity index (χ0n) is 14.1. The van der Waals surface area contributed by atoms with Crippen LogP contribution in [0.2, 0.25) is 0 Å². The maximum absolute atomic E-state index is 12.2. The molecule has 1 amide bonds. The summed E-state index contributed by atoms with van der Waals surface area (Å²) in [5, 5.41) is 10.6. The number of ether oxygens (including phenoxy) is 2. The molecular formula is C19H17NO4S. The molecule has 0 radical (unpaired) electrons. The predicted octanol–water partition coefficient (Wildman–Crippen LogP) is 3.78. The summed E-state index contributed by atoms with van der Waals surface area (Å²) in [6.45, 7) is 2.01. The number of phenols is 1. The Labute approximate surface area is 150 Å². The molecule has 0 atom stereocenters. The number of aliphatic imine (C=N–C) groups is 1. The number of methoxy groups -OCH3 is 2. The van der Waals surface area contributed by atoms with Crippen LogP contribution in [0.4, 0.5) is 0 Å². The number of aryl methyl sites for hydroxylation is 1. The molecule has 1 aliphatic rings. The molecule has 0 fully saturated rings. The largest absolute Gasteiger partial charge is 0.502 e. The molecule has 1 N–H and O–H groups in total. The van der Waals surface area contributed by atoms with Gasteiger partial charge in [0.2, 0.25) is 5.75 Å². The van der Waals surface area contributed by atoms with Gasteiger partial charge in [-0.15, -0.1) is 0 Å². The van der Waals surface area contributed by atoms with Gasteiger partial charge in [0, 0.05) is 5.56 Å². The Morgan fingerprint density at radius 1 is 1.08 bits per heavy atom. The van der Waals surface area contributed by atoms with Gasteiger partial charge in [0.1, 0.15) is 5.04 Å². The Morgan fingerprint density at radius 2 is 1.68 bits per heavy atom. The van der Waals surface area contributed by atoms with Crippen LogP contribution in [0.15, 0.2) is 46.3 Å². The molecule has 0 bridgehead atoms. The second-order valence-electron chi connectivity index (χ2n) is 5.47. The summed E-state index contributed by atoms with van der Waals surface area (Å²) in [4.78, 5) is 16.9. The van der Waals surface area contributed by atoms with Crippen molar-refractivity contribution in [2.24, 2.45) is 4.99 Å². The number of benzene rings is 2. The summed E-state index contributed by atoms with van der Waals surface area (Å²) in [6, 6.07) is 11.2. The topological polar surface area (TPSA) is 68.1 Å². The normalized spacial score (nSPS) is 15.4. The minimum Gasteiger partial charge on any atom is -0.502 e. The third-order valence-corrected chi connectivity index (χ3v) is 4.75. The lowest BCUT2D eigenvalue weighted by molar-refractivity contribution is -0.113. The molecule has 0 aliphatic carbocycles. The van der Waals surface area contributed by atoms with Crippen LogP contribution >= 0.6 is 11.8 Å². The van der Waals surface area contributed by atoms with Gasteiger partial charge in [-0.25, -0.2) is 4.99 Å². The third-order valence-electron chi connectivity index (χ3n) is 3.72. The van der Waals surface area contributed by atoms with Crippen molar-refractivity contribution in [2.45, 2.75) is 6.92 Å². The van der Waals surface area contributed by atoms with E-state index in [1.165, 1.54) is 26.0 Å². The van der Waals surface area contributed by atoms with Crippen molar-refractivity contribution in [2.75, 3.05) is 14.2 Å². The Bertz CT molecular complexity index is 860. The van der Waals surface area contributed by atoms with Crippen molar-refractivity contribution in [1.82, 2.24) is 0 Å². The molecule has 2 aromatic rings. The summed E-state index contributed by atoms with van der Waals surface area (Å²) >= 11 is 1.32. The average Bonchev–Trinajstić information content (AvgIpc) is 2.97. The van der Waals surface area contributed by atoms with Crippen LogP contribution < -0.4 is 9.47 Å². The fourth-order valence-electron chi connectivity index (χ4n) is 2.38. The first-order chi connectivity index (χ1) is 12.0. The van der Waals surface area contributed by atoms with Gasteiger partial charge >= 0.3 is 0 Å². The average molecular weight is 355 g/mol. The summed E-state index contributed by atoms with van der Waals surface area (Å²) < 4.78 is 10.3. The van der Waals surface area contributed by atoms with Crippen LogP contribution in [-0.2, 0) is 4.79 Å². The van der Waals surface area contributed by atoms with E-state index < -0.39 is 0 Å². The lowest BCUT2D eigenvalue weighted by Crippen LogP contribution is -1.92. The maximum Gasteiger partial charge on any atom is 0.284 e. The second-order valence-corrected chi connectivity index (χ2v) is 6.50. The molecule has 6 heteroatoms. The van der Waals surface area contributed by atoms with Gasteiger partial charge < -0.3 is 14.6 Å². The van der Waals surface area contributed by atoms with Crippen LogP contribution in [0.3, 0.4) is 0 Å². The number of carbonyl (C=O) groups excluding carboxylic acids is 1. The molecule has 3 rings (SSSR count). The molecular weight excluding hydrogens is 338 g/mol. The highest BCUT2D eigenvalue weighted by Crippen LogP contribution is 2.39. The summed E-state index contributed by atoms with van der Waals surface area (Å²) in [7, 11) is 2.92. The summed E-state index contributed by atoms with van der Waals surface area (Å²) in [5.74, 6) is 0.198. The van der Waals surface area contributed by atoms with Gasteiger partial charge in [0.05, 0.1) is 19.1 Å². The molecule has 25 heavy (non-hydrogen) atoms. The smallest absolute Gasteiger partial charge is 0.284 e. The summed E-state index contributed by atoms with van der Waals surface area (Å²) in [6.07, 6.45) is 1.71. The highest BCUT2D eigenvalue weighted by molar-refractivity contribution is 8.19. The molecule has 1 heterocycles. The number of hydrogen-bond donors (Lipinski definition) is 1. The Balaban J connectivity index is 1.91. The van der Waals surface area contributed by atoms with Crippen molar-refractivity contribution in [3.05, 3.63) is 58.0 Å². The van der Waals surface area contributed by atoms with Gasteiger partial charge in [0.15, 0.2) is 11.5 Å². The van der Waals surface area contributed by atoms with E-state index in [4.69, 9.17) is 9.47 Å². The molecule has 5 nitrogen and oxygen atoms in total. The van der Waals surface area contributed by atoms with Crippen LogP contribution in [0, 0.1) is 6.92 Å². The van der Waals surface area contributed by atoms with E-state index in [1.807, 2.05) is 31.2 Å². The van der Waals surface area contributed by atoms with Gasteiger partial charge in [-0.05, 0) is 30.7 Å². The molecule has 0 saturated carbocycles. The highest BCUT2D eigenvalue weighted by Gasteiger charge is 2.23. The van der Waals surface area contributed by atoms with Crippen LogP contribution in [0.25, 0.3) is 6.08 Å². The number of carbonyl (C=O) groups is 1. The first-order valence-electron chi connectivity index (χ1n) is 7.56. The Hall–Kier alpha value is -2.73. The monoisotopic (exact) mass is 355 g/mol. The van der Waals surface area contributed by atoms with Crippen LogP contribution in [-0.4, -0.2) is 30.3 Å². The van der Waals surface area contributed by atoms with E-state index in [0.717, 1.165) is 11.1 Å². The molecule has 2 aromatic carbocycles. The molecule has 0 saturated heterocycles. The van der Waals surface area contributed by atoms with Crippen molar-refractivity contribution < 1.29 is 19.4 Å². The van der Waals surface area contributed by atoms with Crippen molar-refractivity contribution in [3.8, 4) is 17.2 Å². The zero-order valence-corrected chi connectivity index (χ0v) is 14.9. The van der Waals surface area contributed by atoms with Crippen molar-refractivity contribution >= 4 is 28.8 Å². The number of hydrogen-bond acceptors (Lipinski definition) is 5. The minimum atomic E-state index is -0.286. The first kappa shape index (κ1) is 17.1. The molecule has 0 unspecified atom stereocenters. The van der Waals surface area contributed by atoms with Gasteiger partial charge in [0.25, 0.3) is 5.91 Å². The fraction of sp³-hybridized carbons (Fsp3) is 0.158. The minimum absolute atomic E-state index is 0.0749. The molecule has 0 spiro atoms. The zero-order chi connectivity index (χ0) is 18.0. The number of rotatable bonds is 4. The molecule has 128 valence electrons. The van der Waals surface area contributed by atoms with E-state index in [0.29, 0.717) is 15.5 Å². The number of amides is 1. The van der Waals surface area contributed by atoms with Crippen molar-refractivity contribution in [1.29, 1.82) is 0 Å². The van der Waals surface area contributed by atoms with Gasteiger partial charge in [-0.1, -0.05) is 41.6 Å². The van der Waals surface area contributed by atoms with Gasteiger partial charge in [-0.2, -0.15) is 0 Å². The molecule has 0 aromatic heterocycles. The lowest BCUT2D eigenvalue weighted by Gasteiger charge is -2.09. The van der Waals surface area contributed by atoms with E-state index in [2.05, 4.69) is 4.99 Å². The lowest BCUT2D eigenvalue weighted by atomic mass is 10.1. The fourth-order valence-corrected chi connectivity index (χ4v) is 3.30. The Kier molecular flexibility index (Phi) is 4.81. The first-order valence-corrected chi connectivity index (χ1v) is 8.38. The number of phenolic OH excluding ortho intramolecular Hbond substituents is 1. The van der Waals surface area contributed by atoms with Crippen molar-refractivity contribution in [3.63, 3.8) is 0 Å². The third kappa shape index (κ3) is 3.53. The summed E-state index contributed by atoms with van der Waals surface area (Å²) in [5.41, 5.74) is 2.74. The van der Waals surface area contributed by atoms with Crippen LogP contribution in [0.5, 0.6) is 17.2 Å². The van der Waals surface area contributed by atoms with E-state index in [9.17, 15) is 9.90 Å². The predicted molar refractivity (Wildman–Crippen MR) is 99.5 cm³/mol.